The maximum Gasteiger partial charge on any atom is 0.243 e. The summed E-state index contributed by atoms with van der Waals surface area (Å²) in [7, 11) is -3.63. The third kappa shape index (κ3) is 2.31. The number of hydrogen-bond donors (Lipinski definition) is 1. The summed E-state index contributed by atoms with van der Waals surface area (Å²) in [4.78, 5) is 12.1. The lowest BCUT2D eigenvalue weighted by atomic mass is 10.0. The first-order valence-electron chi connectivity index (χ1n) is 7.19. The van der Waals surface area contributed by atoms with Crippen molar-refractivity contribution >= 4 is 21.4 Å². The second kappa shape index (κ2) is 5.25. The molecule has 0 saturated heterocycles. The molecule has 3 rings (SSSR count). The minimum atomic E-state index is -3.63. The molecule has 0 spiro atoms. The third-order valence-electron chi connectivity index (χ3n) is 3.94. The lowest BCUT2D eigenvalue weighted by Crippen LogP contribution is -2.39. The van der Waals surface area contributed by atoms with Gasteiger partial charge in [-0.1, -0.05) is 42.8 Å². The number of benzene rings is 2. The van der Waals surface area contributed by atoms with Gasteiger partial charge in [0, 0.05) is 0 Å². The lowest BCUT2D eigenvalue weighted by Gasteiger charge is -2.24. The molecule has 22 heavy (non-hydrogen) atoms. The Labute approximate surface area is 130 Å². The normalized spacial score (nSPS) is 19.4. The first-order valence-corrected chi connectivity index (χ1v) is 8.74. The van der Waals surface area contributed by atoms with Crippen molar-refractivity contribution in [2.75, 3.05) is 5.32 Å². The van der Waals surface area contributed by atoms with Crippen molar-refractivity contribution in [3.05, 3.63) is 48.0 Å². The summed E-state index contributed by atoms with van der Waals surface area (Å²) in [5.74, 6) is -0.446. The highest BCUT2D eigenvalue weighted by Gasteiger charge is 2.38. The standard InChI is InChI=1S/C17H17NO3S/c1-3-15-17(19)18-14-8-7-13(10-16(14)22(15,20)21)12-6-4-5-11(2)9-12/h4-10,15H,3H2,1-2H3,(H,18,19). The molecule has 4 nitrogen and oxygen atoms in total. The number of fused-ring (bicyclic) bond motifs is 1. The molecule has 0 aromatic heterocycles. The van der Waals surface area contributed by atoms with Gasteiger partial charge in [-0.3, -0.25) is 4.79 Å². The monoisotopic (exact) mass is 315 g/mol. The second-order valence-electron chi connectivity index (χ2n) is 5.51. The Kier molecular flexibility index (Phi) is 3.53. The van der Waals surface area contributed by atoms with E-state index in [-0.39, 0.29) is 11.3 Å². The fraction of sp³-hybridized carbons (Fsp3) is 0.235. The Hall–Kier alpha value is -2.14. The Balaban J connectivity index is 2.17. The number of aryl methyl sites for hydroxylation is 1. The highest BCUT2D eigenvalue weighted by atomic mass is 32.2. The number of hydrogen-bond acceptors (Lipinski definition) is 3. The Morgan fingerprint density at radius 2 is 1.82 bits per heavy atom. The van der Waals surface area contributed by atoms with Gasteiger partial charge in [0.05, 0.1) is 10.6 Å². The Bertz CT molecular complexity index is 856. The van der Waals surface area contributed by atoms with Gasteiger partial charge in [0.25, 0.3) is 0 Å². The van der Waals surface area contributed by atoms with Crippen LogP contribution in [0.1, 0.15) is 18.9 Å². The van der Waals surface area contributed by atoms with Gasteiger partial charge < -0.3 is 5.32 Å². The largest absolute Gasteiger partial charge is 0.324 e. The zero-order valence-electron chi connectivity index (χ0n) is 12.5. The van der Waals surface area contributed by atoms with Gasteiger partial charge in [-0.25, -0.2) is 8.42 Å². The molecule has 1 atom stereocenters. The molecule has 2 aromatic rings. The molecule has 0 fully saturated rings. The molecule has 1 aliphatic heterocycles. The van der Waals surface area contributed by atoms with Crippen LogP contribution >= 0.6 is 0 Å². The molecule has 5 heteroatoms. The molecule has 1 aliphatic rings. The van der Waals surface area contributed by atoms with Crippen LogP contribution < -0.4 is 5.32 Å². The van der Waals surface area contributed by atoms with E-state index >= 15 is 0 Å². The molecule has 0 radical (unpaired) electrons. The van der Waals surface area contributed by atoms with Crippen LogP contribution in [0.25, 0.3) is 11.1 Å². The summed E-state index contributed by atoms with van der Waals surface area (Å²) in [5.41, 5.74) is 3.27. The molecule has 1 heterocycles. The molecule has 0 bridgehead atoms. The first kappa shape index (κ1) is 14.8. The second-order valence-corrected chi connectivity index (χ2v) is 7.61. The van der Waals surface area contributed by atoms with Crippen LogP contribution in [0.4, 0.5) is 5.69 Å². The van der Waals surface area contributed by atoms with Crippen LogP contribution in [0, 0.1) is 6.92 Å². The summed E-state index contributed by atoms with van der Waals surface area (Å²) in [6, 6.07) is 13.0. The molecular formula is C17H17NO3S. The van der Waals surface area contributed by atoms with E-state index in [1.807, 2.05) is 37.3 Å². The first-order chi connectivity index (χ1) is 10.4. The van der Waals surface area contributed by atoms with E-state index < -0.39 is 21.0 Å². The maximum absolute atomic E-state index is 12.6. The van der Waals surface area contributed by atoms with Crippen LogP contribution in [-0.2, 0) is 14.6 Å². The quantitative estimate of drug-likeness (QED) is 0.926. The molecule has 0 saturated carbocycles. The molecule has 1 N–H and O–H groups in total. The smallest absolute Gasteiger partial charge is 0.243 e. The van der Waals surface area contributed by atoms with Crippen LogP contribution in [0.3, 0.4) is 0 Å². The van der Waals surface area contributed by atoms with Gasteiger partial charge in [0.2, 0.25) is 5.91 Å². The van der Waals surface area contributed by atoms with E-state index in [1.165, 1.54) is 0 Å². The highest BCUT2D eigenvalue weighted by Crippen LogP contribution is 2.35. The van der Waals surface area contributed by atoms with Gasteiger partial charge in [-0.15, -0.1) is 0 Å². The fourth-order valence-corrected chi connectivity index (χ4v) is 4.58. The van der Waals surface area contributed by atoms with Gasteiger partial charge in [-0.2, -0.15) is 0 Å². The van der Waals surface area contributed by atoms with E-state index in [4.69, 9.17) is 0 Å². The van der Waals surface area contributed by atoms with E-state index in [2.05, 4.69) is 5.32 Å². The predicted octanol–water partition coefficient (Wildman–Crippen LogP) is 3.17. The number of anilines is 1. The minimum Gasteiger partial charge on any atom is -0.324 e. The molecule has 0 aliphatic carbocycles. The Morgan fingerprint density at radius 1 is 1.09 bits per heavy atom. The average Bonchev–Trinajstić information content (AvgIpc) is 2.47. The van der Waals surface area contributed by atoms with E-state index in [0.29, 0.717) is 5.69 Å². The number of nitrogens with one attached hydrogen (secondary N) is 1. The van der Waals surface area contributed by atoms with Gasteiger partial charge in [0.1, 0.15) is 5.25 Å². The van der Waals surface area contributed by atoms with E-state index in [1.54, 1.807) is 19.1 Å². The number of amides is 1. The highest BCUT2D eigenvalue weighted by molar-refractivity contribution is 7.93. The van der Waals surface area contributed by atoms with Crippen molar-refractivity contribution in [1.29, 1.82) is 0 Å². The van der Waals surface area contributed by atoms with Crippen LogP contribution in [0.2, 0.25) is 0 Å². The van der Waals surface area contributed by atoms with Gasteiger partial charge >= 0.3 is 0 Å². The lowest BCUT2D eigenvalue weighted by molar-refractivity contribution is -0.116. The average molecular weight is 315 g/mol. The SMILES string of the molecule is CCC1C(=O)Nc2ccc(-c3cccc(C)c3)cc2S1(=O)=O. The zero-order valence-corrected chi connectivity index (χ0v) is 13.3. The Morgan fingerprint density at radius 3 is 2.50 bits per heavy atom. The number of sulfone groups is 1. The van der Waals surface area contributed by atoms with Crippen molar-refractivity contribution in [3.63, 3.8) is 0 Å². The predicted molar refractivity (Wildman–Crippen MR) is 86.5 cm³/mol. The van der Waals surface area contributed by atoms with Crippen molar-refractivity contribution in [2.45, 2.75) is 30.4 Å². The fourth-order valence-electron chi connectivity index (χ4n) is 2.78. The molecule has 1 amide bonds. The zero-order chi connectivity index (χ0) is 15.9. The number of carbonyl (C=O) groups is 1. The van der Waals surface area contributed by atoms with Crippen molar-refractivity contribution in [1.82, 2.24) is 0 Å². The maximum atomic E-state index is 12.6. The molecule has 114 valence electrons. The van der Waals surface area contributed by atoms with E-state index in [9.17, 15) is 13.2 Å². The van der Waals surface area contributed by atoms with Gasteiger partial charge in [0.15, 0.2) is 9.84 Å². The third-order valence-corrected chi connectivity index (χ3v) is 6.18. The van der Waals surface area contributed by atoms with Crippen molar-refractivity contribution in [2.24, 2.45) is 0 Å². The topological polar surface area (TPSA) is 63.2 Å². The van der Waals surface area contributed by atoms with Crippen LogP contribution in [0.5, 0.6) is 0 Å². The number of rotatable bonds is 2. The molecule has 2 aromatic carbocycles. The molecular weight excluding hydrogens is 298 g/mol. The molecule has 1 unspecified atom stereocenters. The van der Waals surface area contributed by atoms with E-state index in [0.717, 1.165) is 16.7 Å². The minimum absolute atomic E-state index is 0.206. The summed E-state index contributed by atoms with van der Waals surface area (Å²) < 4.78 is 25.3. The summed E-state index contributed by atoms with van der Waals surface area (Å²) in [5, 5.41) is 1.68. The summed E-state index contributed by atoms with van der Waals surface area (Å²) in [6.07, 6.45) is 0.266. The summed E-state index contributed by atoms with van der Waals surface area (Å²) >= 11 is 0. The summed E-state index contributed by atoms with van der Waals surface area (Å²) in [6.45, 7) is 3.70. The number of carbonyl (C=O) groups excluding carboxylic acids is 1. The van der Waals surface area contributed by atoms with Crippen molar-refractivity contribution in [3.8, 4) is 11.1 Å². The van der Waals surface area contributed by atoms with Crippen molar-refractivity contribution < 1.29 is 13.2 Å². The van der Waals surface area contributed by atoms with Crippen LogP contribution in [0.15, 0.2) is 47.4 Å². The van der Waals surface area contributed by atoms with Crippen LogP contribution in [-0.4, -0.2) is 19.6 Å². The van der Waals surface area contributed by atoms with Gasteiger partial charge in [-0.05, 0) is 36.6 Å².